The SMILES string of the molecule is CC[C@H](CC[C@@H](C)[C@H]1CC[C@H]2[C@@H]3CC=C4C[C@@H](OC(=O)Nc5ccc(Cl)cc5)CC[C@]4(C)[C@H]3CC[C@]12C)C(C)C. The van der Waals surface area contributed by atoms with E-state index in [9.17, 15) is 4.79 Å². The highest BCUT2D eigenvalue weighted by molar-refractivity contribution is 6.30. The van der Waals surface area contributed by atoms with E-state index in [2.05, 4.69) is 52.9 Å². The van der Waals surface area contributed by atoms with Gasteiger partial charge in [-0.25, -0.2) is 4.79 Å². The van der Waals surface area contributed by atoms with Gasteiger partial charge >= 0.3 is 6.09 Å². The molecular weight excluding hydrogens is 514 g/mol. The predicted molar refractivity (Wildman–Crippen MR) is 168 cm³/mol. The number of nitrogens with one attached hydrogen (secondary N) is 1. The normalized spacial score (nSPS) is 36.6. The van der Waals surface area contributed by atoms with E-state index in [1.165, 1.54) is 51.4 Å². The number of benzene rings is 1. The van der Waals surface area contributed by atoms with Crippen molar-refractivity contribution in [2.45, 2.75) is 118 Å². The van der Waals surface area contributed by atoms with Gasteiger partial charge in [-0.15, -0.1) is 0 Å². The number of anilines is 1. The summed E-state index contributed by atoms with van der Waals surface area (Å²) < 4.78 is 5.92. The fraction of sp³-hybridized carbons (Fsp3) is 0.750. The summed E-state index contributed by atoms with van der Waals surface area (Å²) in [5.41, 5.74) is 3.07. The van der Waals surface area contributed by atoms with Crippen molar-refractivity contribution in [3.05, 3.63) is 40.9 Å². The molecule has 9 atom stereocenters. The van der Waals surface area contributed by atoms with E-state index in [-0.39, 0.29) is 17.6 Å². The number of amides is 1. The average Bonchev–Trinajstić information content (AvgIpc) is 3.27. The number of halogens is 1. The summed E-state index contributed by atoms with van der Waals surface area (Å²) in [5.74, 6) is 5.91. The molecule has 3 nitrogen and oxygen atoms in total. The monoisotopic (exact) mass is 567 g/mol. The highest BCUT2D eigenvalue weighted by Crippen LogP contribution is 2.67. The van der Waals surface area contributed by atoms with Crippen molar-refractivity contribution in [3.8, 4) is 0 Å². The zero-order valence-corrected chi connectivity index (χ0v) is 26.7. The van der Waals surface area contributed by atoms with Crippen LogP contribution in [0.4, 0.5) is 10.5 Å². The van der Waals surface area contributed by atoms with Gasteiger partial charge in [-0.05, 0) is 128 Å². The number of carbonyl (C=O) groups is 1. The summed E-state index contributed by atoms with van der Waals surface area (Å²) in [7, 11) is 0. The molecular formula is C36H54ClNO2. The largest absolute Gasteiger partial charge is 0.446 e. The molecule has 4 aliphatic rings. The second-order valence-corrected chi connectivity index (χ2v) is 15.3. The van der Waals surface area contributed by atoms with Crippen molar-refractivity contribution in [2.75, 3.05) is 5.32 Å². The Morgan fingerprint density at radius 2 is 1.77 bits per heavy atom. The number of fused-ring (bicyclic) bond motifs is 5. The molecule has 40 heavy (non-hydrogen) atoms. The number of allylic oxidation sites excluding steroid dienone is 1. The third kappa shape index (κ3) is 5.75. The minimum Gasteiger partial charge on any atom is -0.446 e. The minimum atomic E-state index is -0.358. The van der Waals surface area contributed by atoms with E-state index in [0.717, 1.165) is 60.7 Å². The molecule has 1 aromatic carbocycles. The molecule has 0 aromatic heterocycles. The minimum absolute atomic E-state index is 0.0356. The molecule has 3 fully saturated rings. The number of ether oxygens (including phenoxy) is 1. The van der Waals surface area contributed by atoms with Crippen molar-refractivity contribution in [1.82, 2.24) is 0 Å². The maximum Gasteiger partial charge on any atom is 0.411 e. The Hall–Kier alpha value is -1.48. The molecule has 1 amide bonds. The highest BCUT2D eigenvalue weighted by atomic mass is 35.5. The quantitative estimate of drug-likeness (QED) is 0.317. The molecule has 0 bridgehead atoms. The molecule has 0 unspecified atom stereocenters. The van der Waals surface area contributed by atoms with Gasteiger partial charge in [0.1, 0.15) is 6.10 Å². The van der Waals surface area contributed by atoms with Crippen LogP contribution in [0.5, 0.6) is 0 Å². The van der Waals surface area contributed by atoms with Gasteiger partial charge < -0.3 is 4.74 Å². The van der Waals surface area contributed by atoms with Crippen molar-refractivity contribution in [2.24, 2.45) is 52.3 Å². The number of carbonyl (C=O) groups excluding carboxylic acids is 1. The summed E-state index contributed by atoms with van der Waals surface area (Å²) in [4.78, 5) is 12.6. The number of hydrogen-bond acceptors (Lipinski definition) is 2. The highest BCUT2D eigenvalue weighted by Gasteiger charge is 2.59. The summed E-state index contributed by atoms with van der Waals surface area (Å²) >= 11 is 5.98. The van der Waals surface area contributed by atoms with E-state index in [1.807, 2.05) is 12.1 Å². The van der Waals surface area contributed by atoms with E-state index in [4.69, 9.17) is 16.3 Å². The number of rotatable bonds is 8. The zero-order chi connectivity index (χ0) is 28.7. The third-order valence-electron chi connectivity index (χ3n) is 12.6. The van der Waals surface area contributed by atoms with Crippen LogP contribution in [0.1, 0.15) is 112 Å². The average molecular weight is 568 g/mol. The van der Waals surface area contributed by atoms with Gasteiger partial charge in [0.15, 0.2) is 0 Å². The van der Waals surface area contributed by atoms with E-state index in [0.29, 0.717) is 16.1 Å². The lowest BCUT2D eigenvalue weighted by Gasteiger charge is -2.58. The Labute approximate surface area is 249 Å². The first-order valence-electron chi connectivity index (χ1n) is 16.5. The van der Waals surface area contributed by atoms with Gasteiger partial charge in [0.25, 0.3) is 0 Å². The van der Waals surface area contributed by atoms with Crippen LogP contribution in [0.25, 0.3) is 0 Å². The Balaban J connectivity index is 1.21. The van der Waals surface area contributed by atoms with Gasteiger partial charge in [0.05, 0.1) is 0 Å². The summed E-state index contributed by atoms with van der Waals surface area (Å²) in [6.45, 7) is 15.0. The maximum absolute atomic E-state index is 12.6. The van der Waals surface area contributed by atoms with Crippen molar-refractivity contribution in [3.63, 3.8) is 0 Å². The Morgan fingerprint density at radius 1 is 1.02 bits per heavy atom. The van der Waals surface area contributed by atoms with Crippen LogP contribution in [0.3, 0.4) is 0 Å². The van der Waals surface area contributed by atoms with Crippen molar-refractivity contribution in [1.29, 1.82) is 0 Å². The molecule has 4 aliphatic carbocycles. The lowest BCUT2D eigenvalue weighted by molar-refractivity contribution is -0.0579. The van der Waals surface area contributed by atoms with Gasteiger partial charge in [0, 0.05) is 17.1 Å². The zero-order valence-electron chi connectivity index (χ0n) is 26.0. The Morgan fingerprint density at radius 3 is 2.48 bits per heavy atom. The molecule has 3 saturated carbocycles. The van der Waals surface area contributed by atoms with Gasteiger partial charge in [-0.3, -0.25) is 5.32 Å². The molecule has 0 spiro atoms. The Kier molecular flexibility index (Phi) is 9.01. The molecule has 0 aliphatic heterocycles. The summed E-state index contributed by atoms with van der Waals surface area (Å²) in [5, 5.41) is 3.53. The van der Waals surface area contributed by atoms with Crippen molar-refractivity contribution >= 4 is 23.4 Å². The van der Waals surface area contributed by atoms with E-state index < -0.39 is 0 Å². The maximum atomic E-state index is 12.6. The van der Waals surface area contributed by atoms with Crippen LogP contribution in [0.2, 0.25) is 5.02 Å². The lowest BCUT2D eigenvalue weighted by Crippen LogP contribution is -2.51. The van der Waals surface area contributed by atoms with E-state index >= 15 is 0 Å². The van der Waals surface area contributed by atoms with Crippen LogP contribution in [0.15, 0.2) is 35.9 Å². The summed E-state index contributed by atoms with van der Waals surface area (Å²) in [6, 6.07) is 7.18. The van der Waals surface area contributed by atoms with Crippen LogP contribution < -0.4 is 5.32 Å². The first kappa shape index (κ1) is 30.0. The van der Waals surface area contributed by atoms with Crippen molar-refractivity contribution < 1.29 is 9.53 Å². The molecule has 4 heteroatoms. The molecule has 1 aromatic rings. The number of hydrogen-bond donors (Lipinski definition) is 1. The smallest absolute Gasteiger partial charge is 0.411 e. The van der Waals surface area contributed by atoms with Crippen LogP contribution in [-0.4, -0.2) is 12.2 Å². The van der Waals surface area contributed by atoms with E-state index in [1.54, 1.807) is 17.7 Å². The predicted octanol–water partition coefficient (Wildman–Crippen LogP) is 10.9. The second-order valence-electron chi connectivity index (χ2n) is 14.9. The summed E-state index contributed by atoms with van der Waals surface area (Å²) in [6.07, 6.45) is 16.2. The topological polar surface area (TPSA) is 38.3 Å². The first-order valence-corrected chi connectivity index (χ1v) is 16.9. The Bertz CT molecular complexity index is 1070. The molecule has 0 heterocycles. The second kappa shape index (κ2) is 12.0. The fourth-order valence-corrected chi connectivity index (χ4v) is 10.3. The van der Waals surface area contributed by atoms with Crippen LogP contribution in [0, 0.1) is 52.3 Å². The lowest BCUT2D eigenvalue weighted by atomic mass is 9.47. The van der Waals surface area contributed by atoms with Gasteiger partial charge in [-0.1, -0.05) is 77.6 Å². The molecule has 222 valence electrons. The van der Waals surface area contributed by atoms with Gasteiger partial charge in [-0.2, -0.15) is 0 Å². The van der Waals surface area contributed by atoms with Gasteiger partial charge in [0.2, 0.25) is 0 Å². The standard InChI is InChI=1S/C36H54ClNO2/c1-7-25(23(2)3)9-8-24(4)31-16-17-32-30-15-10-26-22-29(40-34(39)38-28-13-11-27(37)12-14-28)18-20-35(26,5)33(30)19-21-36(31,32)6/h10-14,23-25,29-33H,7-9,15-22H2,1-6H3,(H,38,39)/t24-,25-,29+,30+,31-,32+,33+,35+,36-/m1/s1. The van der Waals surface area contributed by atoms with Crippen LogP contribution >= 0.6 is 11.6 Å². The molecule has 0 radical (unpaired) electrons. The molecule has 5 rings (SSSR count). The van der Waals surface area contributed by atoms with Crippen LogP contribution in [-0.2, 0) is 4.74 Å². The molecule has 0 saturated heterocycles. The molecule has 1 N–H and O–H groups in total. The first-order chi connectivity index (χ1) is 19.0. The fourth-order valence-electron chi connectivity index (χ4n) is 10.2. The third-order valence-corrected chi connectivity index (χ3v) is 12.9.